The first-order valence-electron chi connectivity index (χ1n) is 8.13. The van der Waals surface area contributed by atoms with Crippen molar-refractivity contribution in [3.63, 3.8) is 0 Å². The average molecular weight is 334 g/mol. The Morgan fingerprint density at radius 3 is 1.74 bits per heavy atom. The number of halogens is 1. The van der Waals surface area contributed by atoms with Gasteiger partial charge in [-0.05, 0) is 38.3 Å². The first-order chi connectivity index (χ1) is 10.5. The molecule has 0 amide bonds. The zero-order chi connectivity index (χ0) is 16.0. The molecule has 0 aliphatic heterocycles. The van der Waals surface area contributed by atoms with E-state index in [1.165, 1.54) is 11.1 Å². The van der Waals surface area contributed by atoms with E-state index in [0.29, 0.717) is 6.04 Å². The van der Waals surface area contributed by atoms with Crippen molar-refractivity contribution in [1.82, 2.24) is 0 Å². The molecule has 126 valence electrons. The highest BCUT2D eigenvalue weighted by atomic mass is 35.5. The second kappa shape index (κ2) is 9.07. The normalized spacial score (nSPS) is 13.7. The van der Waals surface area contributed by atoms with Gasteiger partial charge < -0.3 is 22.8 Å². The fourth-order valence-corrected chi connectivity index (χ4v) is 2.81. The van der Waals surface area contributed by atoms with Gasteiger partial charge in [0.25, 0.3) is 0 Å². The highest BCUT2D eigenvalue weighted by Crippen LogP contribution is 2.32. The zero-order valence-corrected chi connectivity index (χ0v) is 15.0. The highest BCUT2D eigenvalue weighted by Gasteiger charge is 2.29. The van der Waals surface area contributed by atoms with Crippen LogP contribution >= 0.6 is 0 Å². The van der Waals surface area contributed by atoms with Gasteiger partial charge in [0, 0.05) is 5.92 Å². The minimum absolute atomic E-state index is 0. The average Bonchev–Trinajstić information content (AvgIpc) is 2.53. The Morgan fingerprint density at radius 1 is 0.913 bits per heavy atom. The molecule has 2 rings (SSSR count). The van der Waals surface area contributed by atoms with E-state index in [9.17, 15) is 5.11 Å². The summed E-state index contributed by atoms with van der Waals surface area (Å²) in [5, 5.41) is 13.0. The van der Waals surface area contributed by atoms with Gasteiger partial charge in [-0.1, -0.05) is 60.7 Å². The van der Waals surface area contributed by atoms with Crippen LogP contribution in [0.1, 0.15) is 44.2 Å². The van der Waals surface area contributed by atoms with Crippen LogP contribution in [-0.4, -0.2) is 23.3 Å². The monoisotopic (exact) mass is 333 g/mol. The predicted octanol–water partition coefficient (Wildman–Crippen LogP) is -0.0646. The van der Waals surface area contributed by atoms with Crippen LogP contribution < -0.4 is 17.7 Å². The second-order valence-electron chi connectivity index (χ2n) is 6.76. The van der Waals surface area contributed by atoms with Crippen LogP contribution in [0, 0.1) is 0 Å². The molecular formula is C20H28ClNO. The van der Waals surface area contributed by atoms with E-state index in [0.717, 1.165) is 13.0 Å². The van der Waals surface area contributed by atoms with Crippen molar-refractivity contribution in [3.05, 3.63) is 71.8 Å². The molecule has 0 aromatic heterocycles. The molecule has 0 saturated carbocycles. The van der Waals surface area contributed by atoms with Crippen molar-refractivity contribution in [3.8, 4) is 0 Å². The molecule has 0 bridgehead atoms. The summed E-state index contributed by atoms with van der Waals surface area (Å²) < 4.78 is 0. The number of benzene rings is 2. The van der Waals surface area contributed by atoms with Crippen molar-refractivity contribution in [2.75, 3.05) is 6.54 Å². The smallest absolute Gasteiger partial charge is 0.111 e. The third-order valence-corrected chi connectivity index (χ3v) is 4.08. The van der Waals surface area contributed by atoms with Gasteiger partial charge in [0.2, 0.25) is 0 Å². The fourth-order valence-electron chi connectivity index (χ4n) is 2.81. The van der Waals surface area contributed by atoms with Crippen LogP contribution in [-0.2, 0) is 0 Å². The SMILES string of the molecule is CC(C)[NH2+]CC(C)(O)CC(c1ccccc1)c1ccccc1.[Cl-]. The van der Waals surface area contributed by atoms with Crippen molar-refractivity contribution in [2.45, 2.75) is 44.8 Å². The second-order valence-corrected chi connectivity index (χ2v) is 6.76. The van der Waals surface area contributed by atoms with E-state index in [1.54, 1.807) is 0 Å². The minimum Gasteiger partial charge on any atom is -1.00 e. The molecule has 0 radical (unpaired) electrons. The first-order valence-corrected chi connectivity index (χ1v) is 8.13. The molecule has 0 heterocycles. The maximum Gasteiger partial charge on any atom is 0.111 e. The van der Waals surface area contributed by atoms with E-state index >= 15 is 0 Å². The number of rotatable bonds is 7. The molecular weight excluding hydrogens is 306 g/mol. The lowest BCUT2D eigenvalue weighted by atomic mass is 9.82. The summed E-state index contributed by atoms with van der Waals surface area (Å²) in [6, 6.07) is 21.5. The molecule has 1 atom stereocenters. The molecule has 2 nitrogen and oxygen atoms in total. The molecule has 3 N–H and O–H groups in total. The largest absolute Gasteiger partial charge is 1.00 e. The molecule has 1 unspecified atom stereocenters. The Kier molecular flexibility index (Phi) is 7.77. The zero-order valence-electron chi connectivity index (χ0n) is 14.2. The molecule has 0 fully saturated rings. The Bertz CT molecular complexity index is 515. The van der Waals surface area contributed by atoms with Gasteiger partial charge in [-0.25, -0.2) is 0 Å². The van der Waals surface area contributed by atoms with Crippen molar-refractivity contribution in [1.29, 1.82) is 0 Å². The predicted molar refractivity (Wildman–Crippen MR) is 91.9 cm³/mol. The molecule has 23 heavy (non-hydrogen) atoms. The third kappa shape index (κ3) is 6.34. The number of hydrogen-bond donors (Lipinski definition) is 2. The maximum absolute atomic E-state index is 10.8. The fraction of sp³-hybridized carbons (Fsp3) is 0.400. The van der Waals surface area contributed by atoms with Gasteiger partial charge >= 0.3 is 0 Å². The van der Waals surface area contributed by atoms with E-state index in [4.69, 9.17) is 0 Å². The Hall–Kier alpha value is -1.35. The van der Waals surface area contributed by atoms with Crippen LogP contribution in [0.15, 0.2) is 60.7 Å². The quantitative estimate of drug-likeness (QED) is 0.731. The van der Waals surface area contributed by atoms with Crippen LogP contribution in [0.3, 0.4) is 0 Å². The van der Waals surface area contributed by atoms with E-state index < -0.39 is 5.60 Å². The summed E-state index contributed by atoms with van der Waals surface area (Å²) in [6.07, 6.45) is 0.726. The highest BCUT2D eigenvalue weighted by molar-refractivity contribution is 5.32. The van der Waals surface area contributed by atoms with Crippen LogP contribution in [0.5, 0.6) is 0 Å². The van der Waals surface area contributed by atoms with Crippen LogP contribution in [0.25, 0.3) is 0 Å². The van der Waals surface area contributed by atoms with Gasteiger partial charge in [0.15, 0.2) is 0 Å². The topological polar surface area (TPSA) is 36.8 Å². The van der Waals surface area contributed by atoms with Crippen molar-refractivity contribution < 1.29 is 22.8 Å². The number of hydrogen-bond acceptors (Lipinski definition) is 1. The van der Waals surface area contributed by atoms with Crippen molar-refractivity contribution >= 4 is 0 Å². The molecule has 0 saturated heterocycles. The lowest BCUT2D eigenvalue weighted by Crippen LogP contribution is -3.00. The summed E-state index contributed by atoms with van der Waals surface area (Å²) in [6.45, 7) is 6.98. The first kappa shape index (κ1) is 19.7. The van der Waals surface area contributed by atoms with Gasteiger partial charge in [0.05, 0.1) is 6.04 Å². The summed E-state index contributed by atoms with van der Waals surface area (Å²) in [5.74, 6) is 0.220. The lowest BCUT2D eigenvalue weighted by Gasteiger charge is -2.28. The van der Waals surface area contributed by atoms with E-state index in [1.807, 2.05) is 19.1 Å². The molecule has 2 aromatic rings. The Labute approximate surface area is 146 Å². The third-order valence-electron chi connectivity index (χ3n) is 4.08. The molecule has 0 aliphatic rings. The molecule has 0 spiro atoms. The molecule has 0 aliphatic carbocycles. The molecule has 2 aromatic carbocycles. The minimum atomic E-state index is -0.694. The standard InChI is InChI=1S/C20H27NO.ClH/c1-16(2)21-15-20(3,22)14-19(17-10-6-4-7-11-17)18-12-8-5-9-13-18;/h4-13,16,19,21-22H,14-15H2,1-3H3;1H. The Balaban J connectivity index is 0.00000264. The van der Waals surface area contributed by atoms with Gasteiger partial charge in [-0.2, -0.15) is 0 Å². The Morgan fingerprint density at radius 2 is 1.35 bits per heavy atom. The lowest BCUT2D eigenvalue weighted by molar-refractivity contribution is -0.693. The summed E-state index contributed by atoms with van der Waals surface area (Å²) in [4.78, 5) is 0. The van der Waals surface area contributed by atoms with E-state index in [2.05, 4.69) is 67.7 Å². The van der Waals surface area contributed by atoms with Gasteiger partial charge in [-0.3, -0.25) is 0 Å². The summed E-state index contributed by atoms with van der Waals surface area (Å²) in [5.41, 5.74) is 1.83. The van der Waals surface area contributed by atoms with Crippen LogP contribution in [0.2, 0.25) is 0 Å². The van der Waals surface area contributed by atoms with Gasteiger partial charge in [0.1, 0.15) is 12.1 Å². The maximum atomic E-state index is 10.8. The van der Waals surface area contributed by atoms with E-state index in [-0.39, 0.29) is 18.3 Å². The summed E-state index contributed by atoms with van der Waals surface area (Å²) in [7, 11) is 0. The number of aliphatic hydroxyl groups is 1. The molecule has 3 heteroatoms. The van der Waals surface area contributed by atoms with Crippen molar-refractivity contribution in [2.24, 2.45) is 0 Å². The number of nitrogens with two attached hydrogens (primary N) is 1. The van der Waals surface area contributed by atoms with Gasteiger partial charge in [-0.15, -0.1) is 0 Å². The van der Waals surface area contributed by atoms with Crippen LogP contribution in [0.4, 0.5) is 0 Å². The summed E-state index contributed by atoms with van der Waals surface area (Å²) >= 11 is 0. The number of quaternary nitrogens is 1.